The summed E-state index contributed by atoms with van der Waals surface area (Å²) in [5.41, 5.74) is 3.81. The first-order valence-corrected chi connectivity index (χ1v) is 15.4. The maximum absolute atomic E-state index is 14.3. The summed E-state index contributed by atoms with van der Waals surface area (Å²) in [6.07, 6.45) is 1.92. The second-order valence-electron chi connectivity index (χ2n) is 10.2. The van der Waals surface area contributed by atoms with Crippen LogP contribution in [0.25, 0.3) is 16.8 Å². The van der Waals surface area contributed by atoms with Gasteiger partial charge >= 0.3 is 0 Å². The van der Waals surface area contributed by atoms with Crippen LogP contribution in [0.2, 0.25) is 0 Å². The van der Waals surface area contributed by atoms with Gasteiger partial charge in [0, 0.05) is 37.4 Å². The molecule has 8 heteroatoms. The number of ether oxygens (including phenoxy) is 1. The number of amides is 1. The number of fused-ring (bicyclic) bond motifs is 2. The lowest BCUT2D eigenvalue weighted by molar-refractivity contribution is -0.127. The number of carbonyl (C=O) groups excluding carboxylic acids is 1. The lowest BCUT2D eigenvalue weighted by Gasteiger charge is -2.30. The van der Waals surface area contributed by atoms with Gasteiger partial charge in [0.05, 0.1) is 22.9 Å². The van der Waals surface area contributed by atoms with Gasteiger partial charge < -0.3 is 14.5 Å². The molecule has 4 aromatic rings. The fraction of sp³-hybridized carbons (Fsp3) is 0.324. The van der Waals surface area contributed by atoms with E-state index in [4.69, 9.17) is 9.73 Å². The molecule has 0 fully saturated rings. The minimum absolute atomic E-state index is 0.123. The van der Waals surface area contributed by atoms with E-state index in [-0.39, 0.29) is 11.5 Å². The Morgan fingerprint density at radius 3 is 2.31 bits per heavy atom. The molecular formula is C34H38N4O3S. The first-order valence-electron chi connectivity index (χ1n) is 14.6. The summed E-state index contributed by atoms with van der Waals surface area (Å²) >= 11 is 1.35. The molecule has 1 aliphatic rings. The van der Waals surface area contributed by atoms with Crippen LogP contribution >= 0.6 is 11.3 Å². The number of allylic oxidation sites excluding steroid dienone is 1. The average Bonchev–Trinajstić information content (AvgIpc) is 3.31. The standard InChI is InChI=1S/C34H38N4O3S/c1-7-36(8-2)25-18-15-23(16-19-25)21-28-32(39)38-31(30-26-14-12-11-13-24(26)17-20-27(30)41-6)29(22(5)35-34(38)42-28)33(40)37(9-3)10-4/h11-21,31H,7-10H2,1-6H3/b28-21+/t31-/m0/s1. The van der Waals surface area contributed by atoms with Gasteiger partial charge in [0.1, 0.15) is 11.8 Å². The van der Waals surface area contributed by atoms with Gasteiger partial charge in [-0.3, -0.25) is 14.2 Å². The molecule has 2 heterocycles. The van der Waals surface area contributed by atoms with Crippen molar-refractivity contribution in [3.63, 3.8) is 0 Å². The first kappa shape index (κ1) is 29.3. The molecule has 1 atom stereocenters. The number of benzene rings is 3. The number of likely N-dealkylation sites (N-methyl/N-ethyl adjacent to an activating group) is 1. The Labute approximate surface area is 250 Å². The predicted molar refractivity (Wildman–Crippen MR) is 172 cm³/mol. The second kappa shape index (κ2) is 12.4. The molecule has 7 nitrogen and oxygen atoms in total. The number of rotatable bonds is 9. The summed E-state index contributed by atoms with van der Waals surface area (Å²) in [7, 11) is 1.63. The highest BCUT2D eigenvalue weighted by Crippen LogP contribution is 2.40. The molecule has 0 radical (unpaired) electrons. The summed E-state index contributed by atoms with van der Waals surface area (Å²) in [5, 5.41) is 1.94. The largest absolute Gasteiger partial charge is 0.496 e. The van der Waals surface area contributed by atoms with Crippen molar-refractivity contribution >= 4 is 39.8 Å². The van der Waals surface area contributed by atoms with Gasteiger partial charge in [0.15, 0.2) is 4.80 Å². The molecule has 42 heavy (non-hydrogen) atoms. The zero-order valence-electron chi connectivity index (χ0n) is 25.2. The third-order valence-electron chi connectivity index (χ3n) is 8.05. The second-order valence-corrected chi connectivity index (χ2v) is 11.2. The first-order chi connectivity index (χ1) is 20.4. The number of nitrogens with zero attached hydrogens (tertiary/aromatic N) is 4. The van der Waals surface area contributed by atoms with Gasteiger partial charge in [-0.15, -0.1) is 0 Å². The molecule has 0 N–H and O–H groups in total. The van der Waals surface area contributed by atoms with Crippen LogP contribution in [0.3, 0.4) is 0 Å². The Kier molecular flexibility index (Phi) is 8.64. The molecule has 0 spiro atoms. The molecule has 0 saturated heterocycles. The van der Waals surface area contributed by atoms with Crippen molar-refractivity contribution in [3.8, 4) is 5.75 Å². The van der Waals surface area contributed by atoms with E-state index in [0.717, 1.165) is 40.7 Å². The van der Waals surface area contributed by atoms with Crippen LogP contribution in [0.1, 0.15) is 51.8 Å². The highest BCUT2D eigenvalue weighted by Gasteiger charge is 2.36. The van der Waals surface area contributed by atoms with E-state index in [0.29, 0.717) is 39.4 Å². The van der Waals surface area contributed by atoms with Crippen molar-refractivity contribution in [1.82, 2.24) is 9.47 Å². The van der Waals surface area contributed by atoms with Gasteiger partial charge in [-0.2, -0.15) is 0 Å². The van der Waals surface area contributed by atoms with Crippen molar-refractivity contribution < 1.29 is 9.53 Å². The maximum Gasteiger partial charge on any atom is 0.271 e. The number of aromatic nitrogens is 1. The Morgan fingerprint density at radius 1 is 0.976 bits per heavy atom. The zero-order chi connectivity index (χ0) is 30.0. The summed E-state index contributed by atoms with van der Waals surface area (Å²) in [5.74, 6) is 0.502. The fourth-order valence-electron chi connectivity index (χ4n) is 5.81. The molecule has 1 amide bonds. The SMILES string of the molecule is CCN(CC)C(=O)C1=C(C)N=c2s/c(=C/c3ccc(N(CC)CC)cc3)c(=O)n2[C@@H]1c1c(OC)ccc2ccccc12. The van der Waals surface area contributed by atoms with Gasteiger partial charge in [-0.05, 0) is 75.2 Å². The van der Waals surface area contributed by atoms with Crippen molar-refractivity contribution in [3.05, 3.63) is 103 Å². The molecule has 0 bridgehead atoms. The number of thiazole rings is 1. The summed E-state index contributed by atoms with van der Waals surface area (Å²) in [6.45, 7) is 13.0. The van der Waals surface area contributed by atoms with Gasteiger partial charge in [-0.25, -0.2) is 4.99 Å². The van der Waals surface area contributed by atoms with Crippen LogP contribution in [0.5, 0.6) is 5.75 Å². The highest BCUT2D eigenvalue weighted by atomic mass is 32.1. The summed E-state index contributed by atoms with van der Waals surface area (Å²) < 4.78 is 8.14. The van der Waals surface area contributed by atoms with Crippen molar-refractivity contribution in [2.75, 3.05) is 38.2 Å². The molecule has 5 rings (SSSR count). The molecule has 1 aliphatic heterocycles. The summed E-state index contributed by atoms with van der Waals surface area (Å²) in [4.78, 5) is 37.8. The molecular weight excluding hydrogens is 544 g/mol. The van der Waals surface area contributed by atoms with Crippen LogP contribution in [-0.2, 0) is 4.79 Å². The normalized spacial score (nSPS) is 15.0. The topological polar surface area (TPSA) is 67.1 Å². The molecule has 218 valence electrons. The highest BCUT2D eigenvalue weighted by molar-refractivity contribution is 7.07. The third-order valence-corrected chi connectivity index (χ3v) is 9.03. The van der Waals surface area contributed by atoms with Crippen LogP contribution in [0, 0.1) is 0 Å². The zero-order valence-corrected chi connectivity index (χ0v) is 26.0. The quantitative estimate of drug-likeness (QED) is 0.275. The minimum atomic E-state index is -0.692. The molecule has 3 aromatic carbocycles. The molecule has 0 unspecified atom stereocenters. The minimum Gasteiger partial charge on any atom is -0.496 e. The Bertz CT molecular complexity index is 1830. The van der Waals surface area contributed by atoms with Crippen LogP contribution in [-0.4, -0.2) is 48.7 Å². The van der Waals surface area contributed by atoms with Crippen LogP contribution in [0.4, 0.5) is 5.69 Å². The van der Waals surface area contributed by atoms with Gasteiger partial charge in [0.2, 0.25) is 0 Å². The lowest BCUT2D eigenvalue weighted by atomic mass is 9.90. The lowest BCUT2D eigenvalue weighted by Crippen LogP contribution is -2.43. The number of carbonyl (C=O) groups is 1. The fourth-order valence-corrected chi connectivity index (χ4v) is 6.85. The smallest absolute Gasteiger partial charge is 0.271 e. The Balaban J connectivity index is 1.76. The number of hydrogen-bond acceptors (Lipinski definition) is 6. The molecule has 0 aliphatic carbocycles. The van der Waals surface area contributed by atoms with E-state index in [1.807, 2.05) is 75.4 Å². The van der Waals surface area contributed by atoms with E-state index < -0.39 is 6.04 Å². The van der Waals surface area contributed by atoms with E-state index >= 15 is 0 Å². The van der Waals surface area contributed by atoms with Crippen molar-refractivity contribution in [1.29, 1.82) is 0 Å². The van der Waals surface area contributed by atoms with Crippen LogP contribution in [0.15, 0.2) is 81.7 Å². The third kappa shape index (κ3) is 5.15. The maximum atomic E-state index is 14.3. The molecule has 1 aromatic heterocycles. The van der Waals surface area contributed by atoms with E-state index in [9.17, 15) is 9.59 Å². The molecule has 0 saturated carbocycles. The van der Waals surface area contributed by atoms with E-state index in [2.05, 4.69) is 30.9 Å². The van der Waals surface area contributed by atoms with Gasteiger partial charge in [-0.1, -0.05) is 53.8 Å². The van der Waals surface area contributed by atoms with Crippen molar-refractivity contribution in [2.45, 2.75) is 40.7 Å². The average molecular weight is 583 g/mol. The predicted octanol–water partition coefficient (Wildman–Crippen LogP) is 5.11. The van der Waals surface area contributed by atoms with Crippen LogP contribution < -0.4 is 24.5 Å². The number of hydrogen-bond donors (Lipinski definition) is 0. The Morgan fingerprint density at radius 2 is 1.67 bits per heavy atom. The monoisotopic (exact) mass is 582 g/mol. The number of anilines is 1. The van der Waals surface area contributed by atoms with E-state index in [1.54, 1.807) is 16.6 Å². The van der Waals surface area contributed by atoms with E-state index in [1.165, 1.54) is 11.3 Å². The van der Waals surface area contributed by atoms with Crippen molar-refractivity contribution in [2.24, 2.45) is 4.99 Å². The Hall–Kier alpha value is -4.17. The van der Waals surface area contributed by atoms with Gasteiger partial charge in [0.25, 0.3) is 11.5 Å². The summed E-state index contributed by atoms with van der Waals surface area (Å²) in [6, 6.07) is 19.5. The number of methoxy groups -OCH3 is 1.